The minimum atomic E-state index is -0.631. The third-order valence-corrected chi connectivity index (χ3v) is 7.60. The number of amides is 2. The number of fused-ring (bicyclic) bond motifs is 1. The molecule has 0 bridgehead atoms. The highest BCUT2D eigenvalue weighted by molar-refractivity contribution is 6.03. The number of nitrogens with zero attached hydrogens (tertiary/aromatic N) is 5. The van der Waals surface area contributed by atoms with Crippen LogP contribution in [-0.2, 0) is 11.2 Å². The number of imidazole rings is 1. The summed E-state index contributed by atoms with van der Waals surface area (Å²) in [5.74, 6) is -0.726. The van der Waals surface area contributed by atoms with Crippen LogP contribution in [0.3, 0.4) is 0 Å². The van der Waals surface area contributed by atoms with Crippen molar-refractivity contribution in [3.05, 3.63) is 72.3 Å². The molecule has 0 aromatic carbocycles. The molecule has 0 radical (unpaired) electrons. The largest absolute Gasteiger partial charge is 0.379 e. The summed E-state index contributed by atoms with van der Waals surface area (Å²) in [6.45, 7) is 0. The Morgan fingerprint density at radius 3 is 2.43 bits per heavy atom. The summed E-state index contributed by atoms with van der Waals surface area (Å²) < 4.78 is 15.6. The molecule has 12 nitrogen and oxygen atoms in total. The molecule has 6 rings (SSSR count). The van der Waals surface area contributed by atoms with Crippen LogP contribution >= 0.6 is 0 Å². The zero-order chi connectivity index (χ0) is 29.1. The van der Waals surface area contributed by atoms with Crippen LogP contribution in [0.15, 0.2) is 55.2 Å². The number of rotatable bonds is 10. The summed E-state index contributed by atoms with van der Waals surface area (Å²) >= 11 is 0. The second-order valence-electron chi connectivity index (χ2n) is 10.9. The lowest BCUT2D eigenvalue weighted by molar-refractivity contribution is -0.123. The van der Waals surface area contributed by atoms with Gasteiger partial charge in [-0.1, -0.05) is 6.07 Å². The van der Waals surface area contributed by atoms with E-state index in [9.17, 15) is 14.0 Å². The highest BCUT2D eigenvalue weighted by Crippen LogP contribution is 2.30. The fourth-order valence-corrected chi connectivity index (χ4v) is 5.18. The van der Waals surface area contributed by atoms with Gasteiger partial charge in [0, 0.05) is 42.8 Å². The maximum Gasteiger partial charge on any atom is 0.276 e. The molecule has 6 N–H and O–H groups in total. The number of anilines is 3. The molecule has 2 saturated carbocycles. The summed E-state index contributed by atoms with van der Waals surface area (Å²) in [5, 5.41) is 17.3. The molecule has 4 heterocycles. The molecule has 2 fully saturated rings. The number of aromatic nitrogens is 5. The molecule has 13 heteroatoms. The van der Waals surface area contributed by atoms with E-state index in [2.05, 4.69) is 41.3 Å². The van der Waals surface area contributed by atoms with Gasteiger partial charge >= 0.3 is 0 Å². The summed E-state index contributed by atoms with van der Waals surface area (Å²) in [6, 6.07) is 6.96. The van der Waals surface area contributed by atoms with E-state index in [0.29, 0.717) is 23.9 Å². The molecule has 42 heavy (non-hydrogen) atoms. The normalized spacial score (nSPS) is 19.2. The van der Waals surface area contributed by atoms with Crippen molar-refractivity contribution in [2.45, 2.75) is 69.1 Å². The number of nitrogens with one attached hydrogen (secondary N) is 4. The first kappa shape index (κ1) is 27.5. The number of pyridine rings is 2. The summed E-state index contributed by atoms with van der Waals surface area (Å²) in [7, 11) is 0. The Balaban J connectivity index is 1.11. The lowest BCUT2D eigenvalue weighted by atomic mass is 9.91. The molecule has 4 aromatic heterocycles. The van der Waals surface area contributed by atoms with Crippen LogP contribution in [-0.4, -0.2) is 60.5 Å². The van der Waals surface area contributed by atoms with E-state index >= 15 is 0 Å². The third kappa shape index (κ3) is 6.46. The minimum absolute atomic E-state index is 0.0254. The average Bonchev–Trinajstić information content (AvgIpc) is 3.70. The van der Waals surface area contributed by atoms with Crippen molar-refractivity contribution in [3.63, 3.8) is 0 Å². The van der Waals surface area contributed by atoms with E-state index in [1.165, 1.54) is 23.0 Å². The van der Waals surface area contributed by atoms with E-state index < -0.39 is 17.8 Å². The molecule has 2 amide bonds. The first-order chi connectivity index (χ1) is 20.4. The molecule has 218 valence electrons. The van der Waals surface area contributed by atoms with Crippen LogP contribution in [0.5, 0.6) is 0 Å². The van der Waals surface area contributed by atoms with Gasteiger partial charge < -0.3 is 27.0 Å². The zero-order valence-electron chi connectivity index (χ0n) is 23.0. The number of carbonyl (C=O) groups excluding carboxylic acids is 2. The Hall–Kier alpha value is -4.65. The summed E-state index contributed by atoms with van der Waals surface area (Å²) in [5.41, 5.74) is 8.56. The molecule has 2 aliphatic carbocycles. The predicted octanol–water partition coefficient (Wildman–Crippen LogP) is 2.89. The summed E-state index contributed by atoms with van der Waals surface area (Å²) in [6.07, 6.45) is 13.1. The second kappa shape index (κ2) is 12.1. The van der Waals surface area contributed by atoms with Crippen molar-refractivity contribution in [1.82, 2.24) is 29.9 Å². The average molecular weight is 573 g/mol. The van der Waals surface area contributed by atoms with E-state index in [1.54, 1.807) is 12.4 Å². The lowest BCUT2D eigenvalue weighted by Crippen LogP contribution is -2.48. The van der Waals surface area contributed by atoms with Crippen molar-refractivity contribution >= 4 is 34.7 Å². The summed E-state index contributed by atoms with van der Waals surface area (Å²) in [4.78, 5) is 38.0. The molecule has 0 unspecified atom stereocenters. The second-order valence-corrected chi connectivity index (χ2v) is 10.9. The van der Waals surface area contributed by atoms with Crippen molar-refractivity contribution in [3.8, 4) is 0 Å². The van der Waals surface area contributed by atoms with Gasteiger partial charge in [0.1, 0.15) is 5.82 Å². The van der Waals surface area contributed by atoms with E-state index in [1.807, 2.05) is 18.2 Å². The van der Waals surface area contributed by atoms with Gasteiger partial charge in [0.25, 0.3) is 5.91 Å². The number of hydrogen-bond acceptors (Lipinski definition) is 9. The first-order valence-corrected chi connectivity index (χ1v) is 14.2. The standard InChI is InChI=1S/C29H33FN10O2/c30-21-15-33-11-9-23(21)38-29(42)25-16-34-27-24(35-18-3-4-18)13-26(39-40(25)27)36-19-5-7-20(8-6-19)37-28(41)22(31)12-17-2-1-10-32-14-17/h1-2,9-11,13-16,18-20,22,35H,3-8,12,31H2,(H,36,39)(H,37,41)(H,33,38,42)/t19-,20-,22-/m0/s1. The topological polar surface area (TPSA) is 164 Å². The molecule has 4 aromatic rings. The van der Waals surface area contributed by atoms with E-state index in [0.717, 1.165) is 56.0 Å². The Morgan fingerprint density at radius 2 is 1.69 bits per heavy atom. The highest BCUT2D eigenvalue weighted by Gasteiger charge is 2.27. The van der Waals surface area contributed by atoms with Crippen LogP contribution in [0.2, 0.25) is 0 Å². The lowest BCUT2D eigenvalue weighted by Gasteiger charge is -2.30. The molecule has 0 aliphatic heterocycles. The number of halogens is 1. The third-order valence-electron chi connectivity index (χ3n) is 7.60. The highest BCUT2D eigenvalue weighted by atomic mass is 19.1. The van der Waals surface area contributed by atoms with Crippen LogP contribution in [0.1, 0.15) is 54.6 Å². The van der Waals surface area contributed by atoms with Gasteiger partial charge in [0.2, 0.25) is 5.91 Å². The molecule has 2 aliphatic rings. The van der Waals surface area contributed by atoms with Gasteiger partial charge in [-0.25, -0.2) is 13.9 Å². The quantitative estimate of drug-likeness (QED) is 0.192. The molecular formula is C29H33FN10O2. The van der Waals surface area contributed by atoms with Gasteiger partial charge in [-0.3, -0.25) is 19.6 Å². The Bertz CT molecular complexity index is 1570. The maximum atomic E-state index is 14.1. The number of carbonyl (C=O) groups is 2. The van der Waals surface area contributed by atoms with Gasteiger partial charge in [0.15, 0.2) is 17.2 Å². The molecule has 0 saturated heterocycles. The van der Waals surface area contributed by atoms with Gasteiger partial charge in [0.05, 0.1) is 29.8 Å². The molecule has 1 atom stereocenters. The van der Waals surface area contributed by atoms with Gasteiger partial charge in [-0.05, 0) is 62.6 Å². The van der Waals surface area contributed by atoms with Crippen molar-refractivity contribution in [2.75, 3.05) is 16.0 Å². The Labute approximate surface area is 241 Å². The van der Waals surface area contributed by atoms with Crippen molar-refractivity contribution in [2.24, 2.45) is 5.73 Å². The van der Waals surface area contributed by atoms with Crippen LogP contribution in [0.4, 0.5) is 21.6 Å². The fraction of sp³-hybridized carbons (Fsp3) is 0.379. The van der Waals surface area contributed by atoms with E-state index in [-0.39, 0.29) is 29.4 Å². The Morgan fingerprint density at radius 1 is 0.952 bits per heavy atom. The Kier molecular flexibility index (Phi) is 7.91. The number of nitrogens with two attached hydrogens (primary N) is 1. The fourth-order valence-electron chi connectivity index (χ4n) is 5.18. The van der Waals surface area contributed by atoms with Crippen LogP contribution in [0.25, 0.3) is 5.65 Å². The van der Waals surface area contributed by atoms with Gasteiger partial charge in [-0.15, -0.1) is 5.10 Å². The van der Waals surface area contributed by atoms with Crippen molar-refractivity contribution < 1.29 is 14.0 Å². The van der Waals surface area contributed by atoms with E-state index in [4.69, 9.17) is 5.73 Å². The monoisotopic (exact) mass is 572 g/mol. The van der Waals surface area contributed by atoms with Crippen LogP contribution in [0, 0.1) is 5.82 Å². The SMILES string of the molecule is N[C@@H](Cc1cccnc1)C(=O)N[C@H]1CC[C@H](Nc2cc(NC3CC3)c3ncc(C(=O)Nc4ccncc4F)n3n2)CC1. The first-order valence-electron chi connectivity index (χ1n) is 14.2. The predicted molar refractivity (Wildman–Crippen MR) is 156 cm³/mol. The van der Waals surface area contributed by atoms with Gasteiger partial charge in [-0.2, -0.15) is 0 Å². The minimum Gasteiger partial charge on any atom is -0.379 e. The zero-order valence-corrected chi connectivity index (χ0v) is 23.0. The number of hydrogen-bond donors (Lipinski definition) is 5. The van der Waals surface area contributed by atoms with Crippen molar-refractivity contribution in [1.29, 1.82) is 0 Å². The molecular weight excluding hydrogens is 539 g/mol. The smallest absolute Gasteiger partial charge is 0.276 e. The van der Waals surface area contributed by atoms with Crippen LogP contribution < -0.4 is 27.0 Å². The maximum absolute atomic E-state index is 14.1. The molecule has 0 spiro atoms.